The molecule has 0 aromatic carbocycles. The molecular formula is C12H16. The molecule has 2 unspecified atom stereocenters. The van der Waals surface area contributed by atoms with Crippen LogP contribution in [0, 0.1) is 11.8 Å². The highest BCUT2D eigenvalue weighted by Gasteiger charge is 2.28. The largest absolute Gasteiger partial charge is 0.0805 e. The van der Waals surface area contributed by atoms with Gasteiger partial charge in [0.2, 0.25) is 0 Å². The molecule has 0 amide bonds. The molecule has 12 heavy (non-hydrogen) atoms. The first-order valence-electron chi connectivity index (χ1n) is 4.80. The molecule has 0 N–H and O–H groups in total. The smallest absolute Gasteiger partial charge is 0.00454 e. The summed E-state index contributed by atoms with van der Waals surface area (Å²) in [6.07, 6.45) is 11.8. The summed E-state index contributed by atoms with van der Waals surface area (Å²) < 4.78 is 0. The highest BCUT2D eigenvalue weighted by molar-refractivity contribution is 5.30. The van der Waals surface area contributed by atoms with Gasteiger partial charge in [0, 0.05) is 5.92 Å². The van der Waals surface area contributed by atoms with Gasteiger partial charge in [-0.2, -0.15) is 0 Å². The first kappa shape index (κ1) is 7.85. The number of hydrogen-bond donors (Lipinski definition) is 0. The molecule has 0 nitrogen and oxygen atoms in total. The van der Waals surface area contributed by atoms with E-state index in [4.69, 9.17) is 0 Å². The lowest BCUT2D eigenvalue weighted by Gasteiger charge is -2.17. The normalized spacial score (nSPS) is 32.3. The van der Waals surface area contributed by atoms with Crippen molar-refractivity contribution in [2.45, 2.75) is 26.7 Å². The van der Waals surface area contributed by atoms with Crippen LogP contribution in [0.15, 0.2) is 35.5 Å². The second kappa shape index (κ2) is 2.93. The summed E-state index contributed by atoms with van der Waals surface area (Å²) >= 11 is 0. The van der Waals surface area contributed by atoms with E-state index in [2.05, 4.69) is 38.2 Å². The lowest BCUT2D eigenvalue weighted by molar-refractivity contribution is 0.588. The van der Waals surface area contributed by atoms with E-state index in [0.29, 0.717) is 0 Å². The third kappa shape index (κ3) is 1.16. The Balaban J connectivity index is 2.30. The van der Waals surface area contributed by atoms with Crippen molar-refractivity contribution in [3.63, 3.8) is 0 Å². The Morgan fingerprint density at radius 2 is 2.00 bits per heavy atom. The summed E-state index contributed by atoms with van der Waals surface area (Å²) in [7, 11) is 0. The SMILES string of the molecule is CC(C)=C1CCC2C=CC=CC12. The van der Waals surface area contributed by atoms with Gasteiger partial charge in [-0.3, -0.25) is 0 Å². The van der Waals surface area contributed by atoms with Crippen LogP contribution < -0.4 is 0 Å². The van der Waals surface area contributed by atoms with E-state index in [1.165, 1.54) is 18.4 Å². The number of fused-ring (bicyclic) bond motifs is 1. The third-order valence-electron chi connectivity index (χ3n) is 3.04. The van der Waals surface area contributed by atoms with Crippen LogP contribution in [0.1, 0.15) is 26.7 Å². The Bertz CT molecular complexity index is 262. The second-order valence-electron chi connectivity index (χ2n) is 4.02. The standard InChI is InChI=1S/C12H16/c1-9(2)11-8-7-10-5-3-4-6-12(10)11/h3-6,10,12H,7-8H2,1-2H3. The summed E-state index contributed by atoms with van der Waals surface area (Å²) in [5, 5.41) is 0. The molecule has 2 aliphatic carbocycles. The zero-order chi connectivity index (χ0) is 8.55. The Kier molecular flexibility index (Phi) is 1.92. The highest BCUT2D eigenvalue weighted by atomic mass is 14.3. The summed E-state index contributed by atoms with van der Waals surface area (Å²) in [5.41, 5.74) is 3.21. The van der Waals surface area contributed by atoms with E-state index in [1.54, 1.807) is 5.57 Å². The van der Waals surface area contributed by atoms with Gasteiger partial charge in [0.25, 0.3) is 0 Å². The van der Waals surface area contributed by atoms with Crippen molar-refractivity contribution in [1.82, 2.24) is 0 Å². The van der Waals surface area contributed by atoms with Gasteiger partial charge in [0.15, 0.2) is 0 Å². The topological polar surface area (TPSA) is 0 Å². The monoisotopic (exact) mass is 160 g/mol. The van der Waals surface area contributed by atoms with Gasteiger partial charge in [-0.05, 0) is 32.6 Å². The summed E-state index contributed by atoms with van der Waals surface area (Å²) in [6.45, 7) is 4.48. The predicted molar refractivity (Wildman–Crippen MR) is 52.9 cm³/mol. The Morgan fingerprint density at radius 3 is 2.75 bits per heavy atom. The molecular weight excluding hydrogens is 144 g/mol. The molecule has 0 heteroatoms. The zero-order valence-electron chi connectivity index (χ0n) is 7.88. The lowest BCUT2D eigenvalue weighted by atomic mass is 9.88. The third-order valence-corrected chi connectivity index (χ3v) is 3.04. The number of hydrogen-bond acceptors (Lipinski definition) is 0. The fourth-order valence-electron chi connectivity index (χ4n) is 2.38. The molecule has 0 saturated heterocycles. The van der Waals surface area contributed by atoms with Gasteiger partial charge in [0.1, 0.15) is 0 Å². The molecule has 0 radical (unpaired) electrons. The maximum atomic E-state index is 2.36. The average Bonchev–Trinajstić information content (AvgIpc) is 2.47. The molecule has 2 rings (SSSR count). The number of rotatable bonds is 0. The van der Waals surface area contributed by atoms with Crippen LogP contribution in [0.25, 0.3) is 0 Å². The van der Waals surface area contributed by atoms with Gasteiger partial charge in [0.05, 0.1) is 0 Å². The van der Waals surface area contributed by atoms with E-state index < -0.39 is 0 Å². The molecule has 0 aliphatic heterocycles. The van der Waals surface area contributed by atoms with Crippen LogP contribution in [0.2, 0.25) is 0 Å². The molecule has 64 valence electrons. The van der Waals surface area contributed by atoms with Gasteiger partial charge < -0.3 is 0 Å². The fourth-order valence-corrected chi connectivity index (χ4v) is 2.38. The fraction of sp³-hybridized carbons (Fsp3) is 0.500. The minimum Gasteiger partial charge on any atom is -0.0805 e. The molecule has 0 spiro atoms. The summed E-state index contributed by atoms with van der Waals surface area (Å²) in [6, 6.07) is 0. The lowest BCUT2D eigenvalue weighted by Crippen LogP contribution is -2.06. The number of allylic oxidation sites excluding steroid dienone is 6. The molecule has 0 aromatic heterocycles. The van der Waals surface area contributed by atoms with Crippen LogP contribution in [0.5, 0.6) is 0 Å². The van der Waals surface area contributed by atoms with Crippen molar-refractivity contribution < 1.29 is 0 Å². The van der Waals surface area contributed by atoms with E-state index in [1.807, 2.05) is 0 Å². The molecule has 2 aliphatic rings. The quantitative estimate of drug-likeness (QED) is 0.476. The van der Waals surface area contributed by atoms with Crippen molar-refractivity contribution in [3.05, 3.63) is 35.5 Å². The van der Waals surface area contributed by atoms with E-state index in [-0.39, 0.29) is 0 Å². The molecule has 0 bridgehead atoms. The molecule has 0 heterocycles. The predicted octanol–water partition coefficient (Wildman–Crippen LogP) is 3.48. The van der Waals surface area contributed by atoms with Crippen LogP contribution in [0.3, 0.4) is 0 Å². The van der Waals surface area contributed by atoms with Crippen molar-refractivity contribution >= 4 is 0 Å². The van der Waals surface area contributed by atoms with Crippen molar-refractivity contribution in [3.8, 4) is 0 Å². The van der Waals surface area contributed by atoms with E-state index in [0.717, 1.165) is 11.8 Å². The Hall–Kier alpha value is -0.780. The molecule has 1 fully saturated rings. The van der Waals surface area contributed by atoms with Crippen LogP contribution in [0.4, 0.5) is 0 Å². The van der Waals surface area contributed by atoms with Gasteiger partial charge in [-0.1, -0.05) is 35.5 Å². The second-order valence-corrected chi connectivity index (χ2v) is 4.02. The van der Waals surface area contributed by atoms with Gasteiger partial charge in [-0.25, -0.2) is 0 Å². The van der Waals surface area contributed by atoms with Gasteiger partial charge >= 0.3 is 0 Å². The zero-order valence-corrected chi connectivity index (χ0v) is 7.88. The molecule has 2 atom stereocenters. The van der Waals surface area contributed by atoms with Crippen LogP contribution in [-0.4, -0.2) is 0 Å². The van der Waals surface area contributed by atoms with Crippen molar-refractivity contribution in [2.24, 2.45) is 11.8 Å². The minimum atomic E-state index is 0.736. The van der Waals surface area contributed by atoms with Crippen molar-refractivity contribution in [1.29, 1.82) is 0 Å². The average molecular weight is 160 g/mol. The Morgan fingerprint density at radius 1 is 1.25 bits per heavy atom. The summed E-state index contributed by atoms with van der Waals surface area (Å²) in [5.74, 6) is 1.54. The van der Waals surface area contributed by atoms with Crippen LogP contribution in [-0.2, 0) is 0 Å². The Labute approximate surface area is 74.7 Å². The van der Waals surface area contributed by atoms with Crippen molar-refractivity contribution in [2.75, 3.05) is 0 Å². The molecule has 1 saturated carbocycles. The maximum absolute atomic E-state index is 2.36. The van der Waals surface area contributed by atoms with E-state index >= 15 is 0 Å². The van der Waals surface area contributed by atoms with Crippen LogP contribution >= 0.6 is 0 Å². The highest BCUT2D eigenvalue weighted by Crippen LogP contribution is 2.41. The first-order chi connectivity index (χ1) is 5.79. The maximum Gasteiger partial charge on any atom is 0.00454 e. The molecule has 0 aromatic rings. The van der Waals surface area contributed by atoms with Gasteiger partial charge in [-0.15, -0.1) is 0 Å². The minimum absolute atomic E-state index is 0.736. The first-order valence-corrected chi connectivity index (χ1v) is 4.80. The summed E-state index contributed by atoms with van der Waals surface area (Å²) in [4.78, 5) is 0. The van der Waals surface area contributed by atoms with E-state index in [9.17, 15) is 0 Å².